The van der Waals surface area contributed by atoms with Crippen molar-refractivity contribution in [1.82, 2.24) is 9.78 Å². The van der Waals surface area contributed by atoms with Gasteiger partial charge in [-0.05, 0) is 18.6 Å². The lowest BCUT2D eigenvalue weighted by Gasteiger charge is -2.05. The molecule has 5 heteroatoms. The van der Waals surface area contributed by atoms with Crippen LogP contribution in [0.5, 0.6) is 5.88 Å². The molecule has 0 saturated heterocycles. The Bertz CT molecular complexity index is 365. The average Bonchev–Trinajstić information content (AvgIpc) is 2.31. The minimum absolute atomic E-state index is 0.0741. The number of rotatable bonds is 7. The van der Waals surface area contributed by atoms with E-state index >= 15 is 0 Å². The van der Waals surface area contributed by atoms with Crippen LogP contribution in [0.25, 0.3) is 0 Å². The molecule has 0 aliphatic rings. The van der Waals surface area contributed by atoms with E-state index < -0.39 is 0 Å². The van der Waals surface area contributed by atoms with E-state index in [0.29, 0.717) is 12.4 Å². The second kappa shape index (κ2) is 7.33. The molecule has 0 atom stereocenters. The van der Waals surface area contributed by atoms with Gasteiger partial charge in [-0.3, -0.25) is 4.79 Å². The molecule has 0 aromatic carbocycles. The Kier molecular flexibility index (Phi) is 6.00. The second-order valence-corrected chi connectivity index (χ2v) is 4.02. The van der Waals surface area contributed by atoms with Crippen molar-refractivity contribution in [2.75, 3.05) is 12.9 Å². The van der Waals surface area contributed by atoms with E-state index in [0.717, 1.165) is 31.4 Å². The topological polar surface area (TPSA) is 44.1 Å². The van der Waals surface area contributed by atoms with E-state index in [-0.39, 0.29) is 5.56 Å². The zero-order chi connectivity index (χ0) is 11.8. The standard InChI is InChI=1S/C11H18N2O2S/c1-15-10-6-7-11(14)13(12-10)8-4-2-3-5-9-16/h6-7,16H,2-5,8-9H2,1H3. The highest BCUT2D eigenvalue weighted by molar-refractivity contribution is 7.80. The second-order valence-electron chi connectivity index (χ2n) is 3.57. The van der Waals surface area contributed by atoms with Crippen molar-refractivity contribution in [2.45, 2.75) is 32.2 Å². The van der Waals surface area contributed by atoms with E-state index in [1.807, 2.05) is 0 Å². The Morgan fingerprint density at radius 2 is 2.06 bits per heavy atom. The van der Waals surface area contributed by atoms with Crippen LogP contribution < -0.4 is 10.3 Å². The van der Waals surface area contributed by atoms with Gasteiger partial charge in [-0.2, -0.15) is 12.6 Å². The molecular formula is C11H18N2O2S. The molecule has 1 aromatic heterocycles. The number of ether oxygens (including phenoxy) is 1. The number of thiol groups is 1. The van der Waals surface area contributed by atoms with E-state index in [4.69, 9.17) is 4.74 Å². The van der Waals surface area contributed by atoms with Crippen LogP contribution in [0.4, 0.5) is 0 Å². The van der Waals surface area contributed by atoms with Crippen molar-refractivity contribution in [1.29, 1.82) is 0 Å². The zero-order valence-corrected chi connectivity index (χ0v) is 10.4. The molecule has 0 amide bonds. The minimum Gasteiger partial charge on any atom is -0.480 e. The molecule has 4 nitrogen and oxygen atoms in total. The summed E-state index contributed by atoms with van der Waals surface area (Å²) >= 11 is 4.15. The fourth-order valence-corrected chi connectivity index (χ4v) is 1.65. The average molecular weight is 242 g/mol. The number of aryl methyl sites for hydroxylation is 1. The number of unbranched alkanes of at least 4 members (excludes halogenated alkanes) is 3. The van der Waals surface area contributed by atoms with Crippen LogP contribution >= 0.6 is 12.6 Å². The Morgan fingerprint density at radius 1 is 1.31 bits per heavy atom. The van der Waals surface area contributed by atoms with Crippen LogP contribution in [0.15, 0.2) is 16.9 Å². The maximum absolute atomic E-state index is 11.4. The summed E-state index contributed by atoms with van der Waals surface area (Å²) in [4.78, 5) is 11.4. The van der Waals surface area contributed by atoms with Crippen LogP contribution in [0.1, 0.15) is 25.7 Å². The van der Waals surface area contributed by atoms with Crippen molar-refractivity contribution in [3.8, 4) is 5.88 Å². The van der Waals surface area contributed by atoms with Gasteiger partial charge in [0, 0.05) is 18.7 Å². The third kappa shape index (κ3) is 4.26. The molecule has 0 fully saturated rings. The van der Waals surface area contributed by atoms with Crippen LogP contribution in [-0.4, -0.2) is 22.6 Å². The quantitative estimate of drug-likeness (QED) is 0.585. The molecule has 0 bridgehead atoms. The summed E-state index contributed by atoms with van der Waals surface area (Å²) in [5.41, 5.74) is -0.0741. The van der Waals surface area contributed by atoms with Gasteiger partial charge in [0.15, 0.2) is 0 Å². The molecular weight excluding hydrogens is 224 g/mol. The summed E-state index contributed by atoms with van der Waals surface area (Å²) in [6.45, 7) is 0.655. The molecule has 1 heterocycles. The van der Waals surface area contributed by atoms with Gasteiger partial charge in [-0.1, -0.05) is 12.8 Å². The summed E-state index contributed by atoms with van der Waals surface area (Å²) in [5, 5.41) is 4.08. The molecule has 0 aliphatic heterocycles. The predicted molar refractivity (Wildman–Crippen MR) is 67.4 cm³/mol. The first kappa shape index (κ1) is 13.1. The Balaban J connectivity index is 2.43. The zero-order valence-electron chi connectivity index (χ0n) is 9.56. The Hall–Kier alpha value is -0.970. The molecule has 16 heavy (non-hydrogen) atoms. The summed E-state index contributed by atoms with van der Waals surface area (Å²) in [6.07, 6.45) is 4.35. The molecule has 90 valence electrons. The van der Waals surface area contributed by atoms with Crippen LogP contribution in [0.3, 0.4) is 0 Å². The third-order valence-electron chi connectivity index (χ3n) is 2.33. The molecule has 1 aromatic rings. The van der Waals surface area contributed by atoms with Gasteiger partial charge in [0.25, 0.3) is 5.56 Å². The monoisotopic (exact) mass is 242 g/mol. The van der Waals surface area contributed by atoms with E-state index in [1.54, 1.807) is 13.2 Å². The summed E-state index contributed by atoms with van der Waals surface area (Å²) in [7, 11) is 1.55. The van der Waals surface area contributed by atoms with Gasteiger partial charge in [-0.25, -0.2) is 4.68 Å². The molecule has 0 N–H and O–H groups in total. The third-order valence-corrected chi connectivity index (χ3v) is 2.65. The smallest absolute Gasteiger partial charge is 0.266 e. The number of hydrogen-bond acceptors (Lipinski definition) is 4. The highest BCUT2D eigenvalue weighted by Crippen LogP contribution is 2.03. The summed E-state index contributed by atoms with van der Waals surface area (Å²) in [6, 6.07) is 3.07. The van der Waals surface area contributed by atoms with Crippen molar-refractivity contribution in [3.05, 3.63) is 22.5 Å². The van der Waals surface area contributed by atoms with E-state index in [1.165, 1.54) is 10.7 Å². The predicted octanol–water partition coefficient (Wildman–Crippen LogP) is 1.74. The van der Waals surface area contributed by atoms with Gasteiger partial charge < -0.3 is 4.74 Å². The molecule has 0 radical (unpaired) electrons. The summed E-state index contributed by atoms with van der Waals surface area (Å²) < 4.78 is 6.43. The highest BCUT2D eigenvalue weighted by Gasteiger charge is 1.99. The molecule has 0 aliphatic carbocycles. The molecule has 0 saturated carbocycles. The highest BCUT2D eigenvalue weighted by atomic mass is 32.1. The first-order valence-corrected chi connectivity index (χ1v) is 6.14. The normalized spacial score (nSPS) is 10.4. The van der Waals surface area contributed by atoms with Crippen LogP contribution in [-0.2, 0) is 6.54 Å². The van der Waals surface area contributed by atoms with Gasteiger partial charge in [0.2, 0.25) is 5.88 Å². The summed E-state index contributed by atoms with van der Waals surface area (Å²) in [5.74, 6) is 1.41. The van der Waals surface area contributed by atoms with Gasteiger partial charge in [0.05, 0.1) is 7.11 Å². The van der Waals surface area contributed by atoms with Crippen LogP contribution in [0, 0.1) is 0 Å². The van der Waals surface area contributed by atoms with Crippen molar-refractivity contribution in [2.24, 2.45) is 0 Å². The van der Waals surface area contributed by atoms with E-state index in [9.17, 15) is 4.79 Å². The lowest BCUT2D eigenvalue weighted by atomic mass is 10.2. The maximum atomic E-state index is 11.4. The Labute approximate surface area is 101 Å². The molecule has 1 rings (SSSR count). The lowest BCUT2D eigenvalue weighted by molar-refractivity contribution is 0.372. The number of aromatic nitrogens is 2. The van der Waals surface area contributed by atoms with Gasteiger partial charge in [0.1, 0.15) is 0 Å². The first-order valence-electron chi connectivity index (χ1n) is 5.51. The van der Waals surface area contributed by atoms with Gasteiger partial charge in [-0.15, -0.1) is 5.10 Å². The first-order chi connectivity index (χ1) is 7.77. The maximum Gasteiger partial charge on any atom is 0.266 e. The SMILES string of the molecule is COc1ccc(=O)n(CCCCCCS)n1. The van der Waals surface area contributed by atoms with Gasteiger partial charge >= 0.3 is 0 Å². The fraction of sp³-hybridized carbons (Fsp3) is 0.636. The number of hydrogen-bond donors (Lipinski definition) is 1. The van der Waals surface area contributed by atoms with Crippen molar-refractivity contribution >= 4 is 12.6 Å². The van der Waals surface area contributed by atoms with Crippen molar-refractivity contribution < 1.29 is 4.74 Å². The Morgan fingerprint density at radius 3 is 2.75 bits per heavy atom. The number of methoxy groups -OCH3 is 1. The fourth-order valence-electron chi connectivity index (χ4n) is 1.43. The largest absolute Gasteiger partial charge is 0.480 e. The lowest BCUT2D eigenvalue weighted by Crippen LogP contribution is -2.22. The minimum atomic E-state index is -0.0741. The van der Waals surface area contributed by atoms with E-state index in [2.05, 4.69) is 17.7 Å². The van der Waals surface area contributed by atoms with Crippen LogP contribution in [0.2, 0.25) is 0 Å². The molecule has 0 spiro atoms. The number of nitrogens with zero attached hydrogens (tertiary/aromatic N) is 2. The molecule has 0 unspecified atom stereocenters. The van der Waals surface area contributed by atoms with Crippen molar-refractivity contribution in [3.63, 3.8) is 0 Å².